The van der Waals surface area contributed by atoms with Gasteiger partial charge in [-0.1, -0.05) is 32.0 Å². The van der Waals surface area contributed by atoms with E-state index in [4.69, 9.17) is 5.73 Å². The molecule has 2 N–H and O–H groups in total. The second kappa shape index (κ2) is 6.07. The van der Waals surface area contributed by atoms with Crippen molar-refractivity contribution in [3.8, 4) is 0 Å². The van der Waals surface area contributed by atoms with Gasteiger partial charge in [-0.25, -0.2) is 8.42 Å². The van der Waals surface area contributed by atoms with Crippen molar-refractivity contribution in [2.75, 3.05) is 7.05 Å². The summed E-state index contributed by atoms with van der Waals surface area (Å²) in [6.45, 7) is 4.74. The Labute approximate surface area is 128 Å². The van der Waals surface area contributed by atoms with Crippen molar-refractivity contribution in [1.29, 1.82) is 0 Å². The lowest BCUT2D eigenvalue weighted by atomic mass is 9.76. The molecule has 0 aromatic heterocycles. The second-order valence-corrected chi connectivity index (χ2v) is 8.69. The van der Waals surface area contributed by atoms with Crippen LogP contribution in [-0.2, 0) is 16.6 Å². The van der Waals surface area contributed by atoms with Crippen molar-refractivity contribution in [1.82, 2.24) is 4.31 Å². The van der Waals surface area contributed by atoms with Crippen LogP contribution in [0.2, 0.25) is 0 Å². The van der Waals surface area contributed by atoms with Crippen LogP contribution in [0.15, 0.2) is 29.2 Å². The molecule has 0 saturated heterocycles. The Balaban J connectivity index is 2.23. The van der Waals surface area contributed by atoms with Crippen molar-refractivity contribution in [2.45, 2.75) is 57.0 Å². The summed E-state index contributed by atoms with van der Waals surface area (Å²) in [5, 5.41) is 0. The van der Waals surface area contributed by atoms with Crippen LogP contribution in [-0.4, -0.2) is 25.8 Å². The molecule has 2 rings (SSSR count). The molecule has 0 amide bonds. The number of hydrogen-bond acceptors (Lipinski definition) is 3. The average molecular weight is 310 g/mol. The van der Waals surface area contributed by atoms with Gasteiger partial charge in [0.2, 0.25) is 10.0 Å². The fraction of sp³-hybridized carbons (Fsp3) is 0.625. The third-order valence-electron chi connectivity index (χ3n) is 4.67. The van der Waals surface area contributed by atoms with Crippen LogP contribution in [0.25, 0.3) is 0 Å². The predicted molar refractivity (Wildman–Crippen MR) is 85.3 cm³/mol. The highest BCUT2D eigenvalue weighted by atomic mass is 32.2. The van der Waals surface area contributed by atoms with Gasteiger partial charge in [-0.15, -0.1) is 0 Å². The second-order valence-electron chi connectivity index (χ2n) is 6.73. The largest absolute Gasteiger partial charge is 0.326 e. The standard InChI is InChI=1S/C16H26N2O2S/c1-16(2)10-8-14(9-11-16)18(3)21(19,20)15-7-5-4-6-13(15)12-17/h4-7,14H,8-12,17H2,1-3H3. The minimum Gasteiger partial charge on any atom is -0.326 e. The van der Waals surface area contributed by atoms with E-state index in [2.05, 4.69) is 13.8 Å². The highest BCUT2D eigenvalue weighted by Gasteiger charge is 2.34. The molecule has 0 radical (unpaired) electrons. The normalized spacial score (nSPS) is 19.9. The van der Waals surface area contributed by atoms with Crippen LogP contribution in [0.4, 0.5) is 0 Å². The summed E-state index contributed by atoms with van der Waals surface area (Å²) in [5.41, 5.74) is 6.69. The molecule has 1 fully saturated rings. The molecular formula is C16H26N2O2S. The van der Waals surface area contributed by atoms with Crippen molar-refractivity contribution >= 4 is 10.0 Å². The van der Waals surface area contributed by atoms with Gasteiger partial charge in [-0.3, -0.25) is 0 Å². The van der Waals surface area contributed by atoms with E-state index < -0.39 is 10.0 Å². The summed E-state index contributed by atoms with van der Waals surface area (Å²) >= 11 is 0. The maximum absolute atomic E-state index is 12.8. The molecule has 0 atom stereocenters. The van der Waals surface area contributed by atoms with E-state index >= 15 is 0 Å². The van der Waals surface area contributed by atoms with Gasteiger partial charge in [0.15, 0.2) is 0 Å². The van der Waals surface area contributed by atoms with Crippen LogP contribution >= 0.6 is 0 Å². The first-order valence-corrected chi connectivity index (χ1v) is 8.98. The maximum atomic E-state index is 12.8. The molecule has 4 nitrogen and oxygen atoms in total. The lowest BCUT2D eigenvalue weighted by Gasteiger charge is -2.38. The quantitative estimate of drug-likeness (QED) is 0.930. The van der Waals surface area contributed by atoms with Crippen LogP contribution in [0.1, 0.15) is 45.1 Å². The van der Waals surface area contributed by atoms with E-state index in [1.807, 2.05) is 6.07 Å². The number of benzene rings is 1. The molecule has 1 saturated carbocycles. The van der Waals surface area contributed by atoms with E-state index in [0.717, 1.165) is 25.7 Å². The van der Waals surface area contributed by atoms with Gasteiger partial charge in [0.05, 0.1) is 4.90 Å². The summed E-state index contributed by atoms with van der Waals surface area (Å²) in [4.78, 5) is 0.347. The lowest BCUT2D eigenvalue weighted by molar-refractivity contribution is 0.174. The van der Waals surface area contributed by atoms with Gasteiger partial charge >= 0.3 is 0 Å². The van der Waals surface area contributed by atoms with E-state index in [1.54, 1.807) is 29.6 Å². The number of nitrogens with two attached hydrogens (primary N) is 1. The first-order chi connectivity index (χ1) is 9.78. The molecule has 0 bridgehead atoms. The van der Waals surface area contributed by atoms with Gasteiger partial charge in [0.1, 0.15) is 0 Å². The lowest BCUT2D eigenvalue weighted by Crippen LogP contribution is -2.41. The molecule has 1 aliphatic carbocycles. The molecule has 0 aliphatic heterocycles. The summed E-state index contributed by atoms with van der Waals surface area (Å²) < 4.78 is 27.2. The summed E-state index contributed by atoms with van der Waals surface area (Å²) in [7, 11) is -1.77. The van der Waals surface area contributed by atoms with E-state index in [-0.39, 0.29) is 12.6 Å². The fourth-order valence-corrected chi connectivity index (χ4v) is 4.67. The Morgan fingerprint density at radius 1 is 1.24 bits per heavy atom. The summed E-state index contributed by atoms with van der Waals surface area (Å²) in [5.74, 6) is 0. The zero-order chi connectivity index (χ0) is 15.7. The number of rotatable bonds is 4. The molecular weight excluding hydrogens is 284 g/mol. The summed E-state index contributed by atoms with van der Waals surface area (Å²) in [6.07, 6.45) is 3.98. The molecule has 1 aliphatic rings. The Hall–Kier alpha value is -0.910. The molecule has 21 heavy (non-hydrogen) atoms. The first-order valence-electron chi connectivity index (χ1n) is 7.54. The molecule has 0 unspecified atom stereocenters. The first kappa shape index (κ1) is 16.5. The zero-order valence-corrected chi connectivity index (χ0v) is 14.0. The third kappa shape index (κ3) is 3.47. The Bertz CT molecular complexity index is 586. The van der Waals surface area contributed by atoms with Gasteiger partial charge in [0.25, 0.3) is 0 Å². The van der Waals surface area contributed by atoms with Crippen LogP contribution in [0.3, 0.4) is 0 Å². The fourth-order valence-electron chi connectivity index (χ4n) is 3.02. The summed E-state index contributed by atoms with van der Waals surface area (Å²) in [6, 6.07) is 7.11. The van der Waals surface area contributed by atoms with Gasteiger partial charge in [0, 0.05) is 19.6 Å². The topological polar surface area (TPSA) is 63.4 Å². The average Bonchev–Trinajstić information content (AvgIpc) is 2.46. The van der Waals surface area contributed by atoms with Crippen LogP contribution < -0.4 is 5.73 Å². The Morgan fingerprint density at radius 2 is 1.81 bits per heavy atom. The van der Waals surface area contributed by atoms with Crippen molar-refractivity contribution < 1.29 is 8.42 Å². The highest BCUT2D eigenvalue weighted by Crippen LogP contribution is 2.38. The van der Waals surface area contributed by atoms with E-state index in [9.17, 15) is 8.42 Å². The third-order valence-corrected chi connectivity index (χ3v) is 6.68. The van der Waals surface area contributed by atoms with Crippen LogP contribution in [0.5, 0.6) is 0 Å². The van der Waals surface area contributed by atoms with Crippen LogP contribution in [0, 0.1) is 5.41 Å². The highest BCUT2D eigenvalue weighted by molar-refractivity contribution is 7.89. The van der Waals surface area contributed by atoms with Gasteiger partial charge in [-0.2, -0.15) is 4.31 Å². The smallest absolute Gasteiger partial charge is 0.243 e. The van der Waals surface area contributed by atoms with E-state index in [1.165, 1.54) is 0 Å². The Morgan fingerprint density at radius 3 is 2.38 bits per heavy atom. The monoisotopic (exact) mass is 310 g/mol. The SMILES string of the molecule is CN(C1CCC(C)(C)CC1)S(=O)(=O)c1ccccc1CN. The van der Waals surface area contributed by atoms with E-state index in [0.29, 0.717) is 15.9 Å². The Kier molecular flexibility index (Phi) is 4.76. The van der Waals surface area contributed by atoms with Gasteiger partial charge < -0.3 is 5.73 Å². The zero-order valence-electron chi connectivity index (χ0n) is 13.2. The molecule has 118 valence electrons. The molecule has 0 spiro atoms. The number of sulfonamides is 1. The molecule has 1 aromatic rings. The van der Waals surface area contributed by atoms with Gasteiger partial charge in [-0.05, 0) is 42.7 Å². The number of nitrogens with zero attached hydrogens (tertiary/aromatic N) is 1. The minimum absolute atomic E-state index is 0.0915. The molecule has 0 heterocycles. The van der Waals surface area contributed by atoms with Crippen molar-refractivity contribution in [3.63, 3.8) is 0 Å². The molecule has 5 heteroatoms. The maximum Gasteiger partial charge on any atom is 0.243 e. The predicted octanol–water partition coefficient (Wildman–Crippen LogP) is 2.73. The molecule has 1 aromatic carbocycles. The number of hydrogen-bond donors (Lipinski definition) is 1. The van der Waals surface area contributed by atoms with Crippen molar-refractivity contribution in [3.05, 3.63) is 29.8 Å². The minimum atomic E-state index is -3.47. The van der Waals surface area contributed by atoms with Crippen molar-refractivity contribution in [2.24, 2.45) is 11.1 Å².